The Morgan fingerprint density at radius 2 is 1.89 bits per heavy atom. The Bertz CT molecular complexity index is 1170. The summed E-state index contributed by atoms with van der Waals surface area (Å²) in [6.45, 7) is 9.10. The second-order valence-electron chi connectivity index (χ2n) is 6.76. The molecule has 0 aliphatic carbocycles. The Morgan fingerprint density at radius 3 is 2.63 bits per heavy atom. The standard InChI is InChI=1S/C21H22N4OS/c1-5-24-14(3)11-17(15(24)4)19(26)12-27-21-23-22-20-10-13(2)16-8-6-7-9-18(16)25(20)21/h6-11H,5,12H2,1-4H3. The molecular formula is C21H22N4OS. The van der Waals surface area contributed by atoms with E-state index in [-0.39, 0.29) is 5.78 Å². The zero-order valence-corrected chi connectivity index (χ0v) is 16.8. The first-order valence-corrected chi connectivity index (χ1v) is 10.1. The summed E-state index contributed by atoms with van der Waals surface area (Å²) < 4.78 is 4.20. The molecule has 0 aliphatic rings. The number of para-hydroxylation sites is 1. The van der Waals surface area contributed by atoms with Gasteiger partial charge in [-0.2, -0.15) is 0 Å². The van der Waals surface area contributed by atoms with Gasteiger partial charge in [0.05, 0.1) is 11.3 Å². The lowest BCUT2D eigenvalue weighted by Gasteiger charge is -2.07. The van der Waals surface area contributed by atoms with Crippen LogP contribution in [0, 0.1) is 20.8 Å². The minimum atomic E-state index is 0.126. The summed E-state index contributed by atoms with van der Waals surface area (Å²) >= 11 is 1.44. The third kappa shape index (κ3) is 2.94. The lowest BCUT2D eigenvalue weighted by atomic mass is 10.1. The molecule has 0 aliphatic heterocycles. The maximum Gasteiger partial charge on any atom is 0.196 e. The van der Waals surface area contributed by atoms with Crippen LogP contribution in [-0.2, 0) is 6.54 Å². The van der Waals surface area contributed by atoms with Gasteiger partial charge >= 0.3 is 0 Å². The quantitative estimate of drug-likeness (QED) is 0.376. The molecule has 0 radical (unpaired) electrons. The third-order valence-corrected chi connectivity index (χ3v) is 6.03. The highest BCUT2D eigenvalue weighted by atomic mass is 32.2. The van der Waals surface area contributed by atoms with Crippen molar-refractivity contribution in [1.82, 2.24) is 19.2 Å². The Kier molecular flexibility index (Phi) is 4.52. The molecule has 0 fully saturated rings. The van der Waals surface area contributed by atoms with Crippen LogP contribution in [-0.4, -0.2) is 30.7 Å². The molecule has 0 atom stereocenters. The van der Waals surface area contributed by atoms with Crippen LogP contribution in [0.15, 0.2) is 41.6 Å². The molecule has 0 spiro atoms. The average molecular weight is 379 g/mol. The maximum absolute atomic E-state index is 12.8. The highest BCUT2D eigenvalue weighted by Crippen LogP contribution is 2.26. The molecule has 0 saturated heterocycles. The highest BCUT2D eigenvalue weighted by Gasteiger charge is 2.17. The molecule has 3 heterocycles. The van der Waals surface area contributed by atoms with Crippen molar-refractivity contribution >= 4 is 34.1 Å². The number of ketones is 1. The number of nitrogens with zero attached hydrogens (tertiary/aromatic N) is 4. The number of rotatable bonds is 5. The fraction of sp³-hybridized carbons (Fsp3) is 0.286. The molecule has 138 valence electrons. The van der Waals surface area contributed by atoms with Gasteiger partial charge in [0.25, 0.3) is 0 Å². The van der Waals surface area contributed by atoms with Gasteiger partial charge in [0.1, 0.15) is 0 Å². The summed E-state index contributed by atoms with van der Waals surface area (Å²) in [4.78, 5) is 12.8. The van der Waals surface area contributed by atoms with Gasteiger partial charge in [-0.1, -0.05) is 30.0 Å². The van der Waals surface area contributed by atoms with Crippen molar-refractivity contribution in [2.24, 2.45) is 0 Å². The van der Waals surface area contributed by atoms with Crippen molar-refractivity contribution in [3.8, 4) is 0 Å². The van der Waals surface area contributed by atoms with E-state index in [2.05, 4.69) is 40.7 Å². The van der Waals surface area contributed by atoms with Crippen molar-refractivity contribution in [2.75, 3.05) is 5.75 Å². The number of carbonyl (C=O) groups excluding carboxylic acids is 1. The number of pyridine rings is 1. The Balaban J connectivity index is 1.67. The van der Waals surface area contributed by atoms with Gasteiger partial charge in [0.15, 0.2) is 16.6 Å². The van der Waals surface area contributed by atoms with Gasteiger partial charge in [-0.3, -0.25) is 9.20 Å². The first-order chi connectivity index (χ1) is 13.0. The molecule has 5 nitrogen and oxygen atoms in total. The summed E-state index contributed by atoms with van der Waals surface area (Å²) in [5, 5.41) is 10.6. The number of hydrogen-bond acceptors (Lipinski definition) is 4. The van der Waals surface area contributed by atoms with Crippen LogP contribution < -0.4 is 0 Å². The topological polar surface area (TPSA) is 52.2 Å². The monoisotopic (exact) mass is 378 g/mol. The van der Waals surface area contributed by atoms with Gasteiger partial charge in [-0.15, -0.1) is 10.2 Å². The second kappa shape index (κ2) is 6.85. The van der Waals surface area contributed by atoms with Crippen molar-refractivity contribution in [3.63, 3.8) is 0 Å². The first-order valence-electron chi connectivity index (χ1n) is 9.07. The predicted molar refractivity (Wildman–Crippen MR) is 110 cm³/mol. The Morgan fingerprint density at radius 1 is 1.11 bits per heavy atom. The number of thioether (sulfide) groups is 1. The van der Waals surface area contributed by atoms with Crippen LogP contribution in [0.4, 0.5) is 0 Å². The van der Waals surface area contributed by atoms with E-state index in [1.165, 1.54) is 22.7 Å². The molecule has 0 amide bonds. The van der Waals surface area contributed by atoms with Gasteiger partial charge in [-0.05, 0) is 51.5 Å². The van der Waals surface area contributed by atoms with E-state index in [0.717, 1.165) is 39.8 Å². The van der Waals surface area contributed by atoms with Crippen LogP contribution in [0.25, 0.3) is 16.6 Å². The van der Waals surface area contributed by atoms with E-state index in [4.69, 9.17) is 0 Å². The van der Waals surface area contributed by atoms with Crippen molar-refractivity contribution in [2.45, 2.75) is 39.4 Å². The largest absolute Gasteiger partial charge is 0.349 e. The second-order valence-corrected chi connectivity index (χ2v) is 7.70. The van der Waals surface area contributed by atoms with E-state index < -0.39 is 0 Å². The van der Waals surface area contributed by atoms with Crippen LogP contribution in [0.1, 0.15) is 34.2 Å². The number of carbonyl (C=O) groups is 1. The van der Waals surface area contributed by atoms with E-state index in [9.17, 15) is 4.79 Å². The summed E-state index contributed by atoms with van der Waals surface area (Å²) in [5.41, 5.74) is 6.01. The molecule has 0 saturated carbocycles. The SMILES string of the molecule is CCn1c(C)cc(C(=O)CSc2nnc3cc(C)c4ccccc4n23)c1C. The van der Waals surface area contributed by atoms with Crippen molar-refractivity contribution < 1.29 is 4.79 Å². The molecule has 6 heteroatoms. The van der Waals surface area contributed by atoms with Crippen LogP contribution >= 0.6 is 11.8 Å². The third-order valence-electron chi connectivity index (χ3n) is 5.10. The summed E-state index contributed by atoms with van der Waals surface area (Å²) in [5.74, 6) is 0.470. The number of aryl methyl sites for hydroxylation is 2. The summed E-state index contributed by atoms with van der Waals surface area (Å²) in [6.07, 6.45) is 0. The number of aromatic nitrogens is 4. The fourth-order valence-corrected chi connectivity index (χ4v) is 4.58. The molecule has 4 rings (SSSR count). The van der Waals surface area contributed by atoms with Crippen LogP contribution in [0.2, 0.25) is 0 Å². The lowest BCUT2D eigenvalue weighted by Crippen LogP contribution is -2.06. The zero-order chi connectivity index (χ0) is 19.1. The van der Waals surface area contributed by atoms with E-state index in [0.29, 0.717) is 5.75 Å². The van der Waals surface area contributed by atoms with E-state index >= 15 is 0 Å². The number of hydrogen-bond donors (Lipinski definition) is 0. The van der Waals surface area contributed by atoms with Crippen molar-refractivity contribution in [3.05, 3.63) is 58.9 Å². The highest BCUT2D eigenvalue weighted by molar-refractivity contribution is 7.99. The fourth-order valence-electron chi connectivity index (χ4n) is 3.75. The molecule has 0 bridgehead atoms. The molecule has 0 unspecified atom stereocenters. The normalized spacial score (nSPS) is 11.6. The van der Waals surface area contributed by atoms with E-state index in [1.807, 2.05) is 42.5 Å². The zero-order valence-electron chi connectivity index (χ0n) is 16.0. The summed E-state index contributed by atoms with van der Waals surface area (Å²) in [7, 11) is 0. The summed E-state index contributed by atoms with van der Waals surface area (Å²) in [6, 6.07) is 12.2. The predicted octanol–water partition coefficient (Wildman–Crippen LogP) is 4.60. The minimum Gasteiger partial charge on any atom is -0.349 e. The van der Waals surface area contributed by atoms with Crippen LogP contribution in [0.3, 0.4) is 0 Å². The van der Waals surface area contributed by atoms with Gasteiger partial charge in [0.2, 0.25) is 0 Å². The van der Waals surface area contributed by atoms with Gasteiger partial charge in [-0.25, -0.2) is 0 Å². The van der Waals surface area contributed by atoms with Crippen LogP contribution in [0.5, 0.6) is 0 Å². The molecule has 4 aromatic rings. The Labute approximate surface area is 162 Å². The van der Waals surface area contributed by atoms with Gasteiger partial charge in [0, 0.05) is 28.9 Å². The molecule has 27 heavy (non-hydrogen) atoms. The average Bonchev–Trinajstić information content (AvgIpc) is 3.20. The minimum absolute atomic E-state index is 0.126. The molecule has 1 aromatic carbocycles. The smallest absolute Gasteiger partial charge is 0.196 e. The molecule has 3 aromatic heterocycles. The number of Topliss-reactive ketones (excluding diaryl/α,β-unsaturated/α-hetero) is 1. The lowest BCUT2D eigenvalue weighted by molar-refractivity contribution is 0.102. The molecule has 0 N–H and O–H groups in total. The first kappa shape index (κ1) is 17.8. The van der Waals surface area contributed by atoms with Crippen molar-refractivity contribution in [1.29, 1.82) is 0 Å². The maximum atomic E-state index is 12.8. The van der Waals surface area contributed by atoms with Gasteiger partial charge < -0.3 is 4.57 Å². The molecular weight excluding hydrogens is 356 g/mol. The number of fused-ring (bicyclic) bond motifs is 3. The number of benzene rings is 1. The van der Waals surface area contributed by atoms with E-state index in [1.54, 1.807) is 0 Å². The Hall–Kier alpha value is -2.60.